The summed E-state index contributed by atoms with van der Waals surface area (Å²) in [6.07, 6.45) is 2.24. The fraction of sp³-hybridized carbons (Fsp3) is 0.125. The normalized spacial score (nSPS) is 12.2. The number of aryl methyl sites for hydroxylation is 1. The van der Waals surface area contributed by atoms with E-state index in [-0.39, 0.29) is 0 Å². The smallest absolute Gasteiger partial charge is 0.212 e. The first-order chi connectivity index (χ1) is 9.24. The van der Waals surface area contributed by atoms with Gasteiger partial charge < -0.3 is 0 Å². The second kappa shape index (κ2) is 3.66. The van der Waals surface area contributed by atoms with Crippen LogP contribution in [0.15, 0.2) is 36.5 Å². The van der Waals surface area contributed by atoms with E-state index in [1.807, 2.05) is 23.5 Å². The molecule has 4 rings (SSSR count). The molecular formula is C16H11N2S+. The molecule has 1 aliphatic rings. The standard InChI is InChI=1S/C16H11N2S/c1-10-5-12-6-15-14-7-13(17-2)4-3-11(14)8-18(15)9-16(12)19-10/h3-7,9H,8H2,1H3/q+1. The maximum atomic E-state index is 7.14. The Morgan fingerprint density at radius 1 is 1.26 bits per heavy atom. The lowest BCUT2D eigenvalue weighted by Gasteiger charge is -1.95. The largest absolute Gasteiger partial charge is 0.238 e. The summed E-state index contributed by atoms with van der Waals surface area (Å²) in [6, 6.07) is 10.5. The van der Waals surface area contributed by atoms with E-state index >= 15 is 0 Å². The number of rotatable bonds is 0. The number of hydrogen-bond acceptors (Lipinski definition) is 1. The summed E-state index contributed by atoms with van der Waals surface area (Å²) < 4.78 is 3.62. The van der Waals surface area contributed by atoms with Gasteiger partial charge >= 0.3 is 0 Å². The van der Waals surface area contributed by atoms with Gasteiger partial charge in [0.2, 0.25) is 5.69 Å². The summed E-state index contributed by atoms with van der Waals surface area (Å²) in [7, 11) is 0. The summed E-state index contributed by atoms with van der Waals surface area (Å²) in [5.41, 5.74) is 4.46. The third kappa shape index (κ3) is 1.50. The third-order valence-corrected chi connectivity index (χ3v) is 4.63. The predicted octanol–water partition coefficient (Wildman–Crippen LogP) is 4.08. The number of aromatic nitrogens is 1. The van der Waals surface area contributed by atoms with Crippen molar-refractivity contribution in [3.63, 3.8) is 0 Å². The fourth-order valence-electron chi connectivity index (χ4n) is 2.76. The first-order valence-corrected chi connectivity index (χ1v) is 7.00. The molecule has 3 heteroatoms. The molecule has 0 unspecified atom stereocenters. The van der Waals surface area contributed by atoms with Crippen LogP contribution in [0.2, 0.25) is 0 Å². The number of thiophene rings is 1. The maximum absolute atomic E-state index is 7.14. The van der Waals surface area contributed by atoms with E-state index in [1.54, 1.807) is 0 Å². The molecular weight excluding hydrogens is 252 g/mol. The molecule has 1 aliphatic heterocycles. The van der Waals surface area contributed by atoms with Crippen molar-refractivity contribution in [1.29, 1.82) is 0 Å². The number of fused-ring (bicyclic) bond motifs is 4. The molecule has 0 fully saturated rings. The highest BCUT2D eigenvalue weighted by molar-refractivity contribution is 7.18. The van der Waals surface area contributed by atoms with Crippen molar-refractivity contribution in [3.8, 4) is 11.3 Å². The Hall–Kier alpha value is -2.18. The van der Waals surface area contributed by atoms with E-state index in [0.29, 0.717) is 5.69 Å². The van der Waals surface area contributed by atoms with Crippen LogP contribution in [-0.2, 0) is 6.54 Å². The van der Waals surface area contributed by atoms with E-state index in [4.69, 9.17) is 6.57 Å². The first-order valence-electron chi connectivity index (χ1n) is 6.19. The van der Waals surface area contributed by atoms with E-state index in [9.17, 15) is 0 Å². The zero-order chi connectivity index (χ0) is 13.0. The molecule has 0 saturated heterocycles. The average molecular weight is 263 g/mol. The Morgan fingerprint density at radius 3 is 3.00 bits per heavy atom. The molecule has 0 bridgehead atoms. The van der Waals surface area contributed by atoms with Crippen LogP contribution in [0, 0.1) is 13.5 Å². The van der Waals surface area contributed by atoms with Crippen LogP contribution in [0.5, 0.6) is 0 Å². The summed E-state index contributed by atoms with van der Waals surface area (Å²) >= 11 is 1.84. The van der Waals surface area contributed by atoms with Crippen LogP contribution in [0.3, 0.4) is 0 Å². The monoisotopic (exact) mass is 263 g/mol. The van der Waals surface area contributed by atoms with Crippen LogP contribution in [0.1, 0.15) is 10.4 Å². The SMILES string of the molecule is [C-]#[N+]c1ccc2c(c1)-c1cc3cc(C)sc3c[n+]1C2. The Morgan fingerprint density at radius 2 is 2.16 bits per heavy atom. The highest BCUT2D eigenvalue weighted by atomic mass is 32.1. The van der Waals surface area contributed by atoms with E-state index < -0.39 is 0 Å². The van der Waals surface area contributed by atoms with Crippen LogP contribution in [0.25, 0.3) is 26.2 Å². The van der Waals surface area contributed by atoms with Gasteiger partial charge in [0.1, 0.15) is 0 Å². The Balaban J connectivity index is 2.01. The van der Waals surface area contributed by atoms with Gasteiger partial charge in [0, 0.05) is 27.5 Å². The number of nitrogens with zero attached hydrogens (tertiary/aromatic N) is 2. The third-order valence-electron chi connectivity index (χ3n) is 3.63. The van der Waals surface area contributed by atoms with Gasteiger partial charge in [-0.25, -0.2) is 4.85 Å². The van der Waals surface area contributed by atoms with Crippen molar-refractivity contribution >= 4 is 27.1 Å². The van der Waals surface area contributed by atoms with Gasteiger partial charge in [-0.15, -0.1) is 11.3 Å². The molecule has 90 valence electrons. The number of benzene rings is 1. The number of pyridine rings is 1. The van der Waals surface area contributed by atoms with E-state index in [2.05, 4.69) is 40.7 Å². The lowest BCUT2D eigenvalue weighted by molar-refractivity contribution is -0.670. The minimum atomic E-state index is 0.716. The lowest BCUT2D eigenvalue weighted by Crippen LogP contribution is -2.31. The molecule has 0 atom stereocenters. The molecule has 0 saturated carbocycles. The van der Waals surface area contributed by atoms with Crippen LogP contribution >= 0.6 is 11.3 Å². The van der Waals surface area contributed by atoms with Gasteiger partial charge in [-0.2, -0.15) is 4.57 Å². The highest BCUT2D eigenvalue weighted by Crippen LogP contribution is 2.34. The van der Waals surface area contributed by atoms with Crippen molar-refractivity contribution in [2.75, 3.05) is 0 Å². The lowest BCUT2D eigenvalue weighted by atomic mass is 10.1. The minimum Gasteiger partial charge on any atom is -0.238 e. The summed E-state index contributed by atoms with van der Waals surface area (Å²) in [4.78, 5) is 4.87. The molecule has 0 amide bonds. The van der Waals surface area contributed by atoms with Crippen molar-refractivity contribution in [1.82, 2.24) is 0 Å². The van der Waals surface area contributed by atoms with Crippen molar-refractivity contribution < 1.29 is 4.57 Å². The van der Waals surface area contributed by atoms with Crippen molar-refractivity contribution in [3.05, 3.63) is 58.4 Å². The van der Waals surface area contributed by atoms with E-state index in [1.165, 1.54) is 31.8 Å². The molecule has 3 aromatic rings. The first kappa shape index (κ1) is 10.7. The highest BCUT2D eigenvalue weighted by Gasteiger charge is 2.26. The van der Waals surface area contributed by atoms with Gasteiger partial charge in [-0.3, -0.25) is 0 Å². The summed E-state index contributed by atoms with van der Waals surface area (Å²) in [5.74, 6) is 0. The van der Waals surface area contributed by atoms with Crippen LogP contribution in [-0.4, -0.2) is 0 Å². The Labute approximate surface area is 115 Å². The average Bonchev–Trinajstić information content (AvgIpc) is 2.93. The molecule has 19 heavy (non-hydrogen) atoms. The molecule has 0 radical (unpaired) electrons. The van der Waals surface area contributed by atoms with Gasteiger partial charge in [-0.05, 0) is 19.1 Å². The van der Waals surface area contributed by atoms with Crippen LogP contribution < -0.4 is 4.57 Å². The molecule has 0 N–H and O–H groups in total. The fourth-order valence-corrected chi connectivity index (χ4v) is 3.71. The zero-order valence-electron chi connectivity index (χ0n) is 10.5. The van der Waals surface area contributed by atoms with E-state index in [0.717, 1.165) is 6.54 Å². The molecule has 2 aromatic heterocycles. The van der Waals surface area contributed by atoms with Crippen LogP contribution in [0.4, 0.5) is 5.69 Å². The molecule has 2 nitrogen and oxygen atoms in total. The second-order valence-electron chi connectivity index (χ2n) is 4.92. The molecule has 1 aromatic carbocycles. The molecule has 0 spiro atoms. The topological polar surface area (TPSA) is 8.24 Å². The van der Waals surface area contributed by atoms with Gasteiger partial charge in [0.15, 0.2) is 18.4 Å². The van der Waals surface area contributed by atoms with Gasteiger partial charge in [-0.1, -0.05) is 12.1 Å². The minimum absolute atomic E-state index is 0.716. The maximum Gasteiger partial charge on any atom is 0.212 e. The zero-order valence-corrected chi connectivity index (χ0v) is 11.3. The number of hydrogen-bond donors (Lipinski definition) is 0. The van der Waals surface area contributed by atoms with Crippen molar-refractivity contribution in [2.45, 2.75) is 13.5 Å². The Kier molecular flexibility index (Phi) is 2.06. The Bertz CT molecular complexity index is 868. The quantitative estimate of drug-likeness (QED) is 0.334. The van der Waals surface area contributed by atoms with Gasteiger partial charge in [0.25, 0.3) is 0 Å². The summed E-state index contributed by atoms with van der Waals surface area (Å²) in [6.45, 7) is 10.2. The summed E-state index contributed by atoms with van der Waals surface area (Å²) in [5, 5.41) is 1.30. The van der Waals surface area contributed by atoms with Gasteiger partial charge in [0.05, 0.1) is 11.3 Å². The van der Waals surface area contributed by atoms with Crippen molar-refractivity contribution in [2.24, 2.45) is 0 Å². The predicted molar refractivity (Wildman–Crippen MR) is 77.6 cm³/mol. The molecule has 3 heterocycles. The second-order valence-corrected chi connectivity index (χ2v) is 6.20. The molecule has 0 aliphatic carbocycles.